The molecule has 0 bridgehead atoms. The number of fused-ring (bicyclic) bond motifs is 1. The molecule has 2 atom stereocenters. The van der Waals surface area contributed by atoms with Gasteiger partial charge in [-0.15, -0.1) is 23.1 Å². The van der Waals surface area contributed by atoms with E-state index in [1.54, 1.807) is 0 Å². The number of nitrogens with one attached hydrogen (secondary N) is 1. The summed E-state index contributed by atoms with van der Waals surface area (Å²) in [4.78, 5) is 2.82. The van der Waals surface area contributed by atoms with Crippen LogP contribution < -0.4 is 5.32 Å². The molecule has 1 nitrogen and oxygen atoms in total. The second-order valence-electron chi connectivity index (χ2n) is 5.40. The Bertz CT molecular complexity index is 582. The number of benzene rings is 1. The second kappa shape index (κ2) is 7.19. The summed E-state index contributed by atoms with van der Waals surface area (Å²) in [5, 5.41) is 6.89. The van der Waals surface area contributed by atoms with Gasteiger partial charge in [0.05, 0.1) is 0 Å². The number of halogens is 1. The number of hydrogen-bond acceptors (Lipinski definition) is 3. The zero-order valence-electron chi connectivity index (χ0n) is 12.1. The maximum absolute atomic E-state index is 6.20. The fourth-order valence-corrected chi connectivity index (χ4v) is 4.97. The van der Waals surface area contributed by atoms with Crippen LogP contribution in [0, 0.1) is 0 Å². The molecule has 1 N–H and O–H groups in total. The van der Waals surface area contributed by atoms with Crippen LogP contribution in [0.4, 0.5) is 0 Å². The van der Waals surface area contributed by atoms with Gasteiger partial charge in [0.1, 0.15) is 0 Å². The zero-order valence-corrected chi connectivity index (χ0v) is 14.5. The summed E-state index contributed by atoms with van der Waals surface area (Å²) < 4.78 is 0. The molecule has 1 aliphatic heterocycles. The molecule has 0 amide bonds. The van der Waals surface area contributed by atoms with Crippen molar-refractivity contribution in [3.63, 3.8) is 0 Å². The van der Waals surface area contributed by atoms with Crippen LogP contribution in [0.15, 0.2) is 40.6 Å². The number of hydrogen-bond donors (Lipinski definition) is 1. The van der Waals surface area contributed by atoms with E-state index in [-0.39, 0.29) is 0 Å². The first-order valence-corrected chi connectivity index (χ1v) is 9.74. The molecule has 21 heavy (non-hydrogen) atoms. The Hall–Kier alpha value is -0.480. The van der Waals surface area contributed by atoms with Crippen molar-refractivity contribution in [3.05, 3.63) is 51.2 Å². The summed E-state index contributed by atoms with van der Waals surface area (Å²) in [5.41, 5.74) is 1.37. The molecular formula is C17H20ClNS2. The SMILES string of the molecule is CCCC(NC1CCSc2ccc(Cl)cc21)c1cccs1. The van der Waals surface area contributed by atoms with E-state index in [9.17, 15) is 0 Å². The summed E-state index contributed by atoms with van der Waals surface area (Å²) >= 11 is 10.00. The van der Waals surface area contributed by atoms with Crippen molar-refractivity contribution >= 4 is 34.7 Å². The largest absolute Gasteiger partial charge is 0.302 e. The molecule has 2 heterocycles. The fourth-order valence-electron chi connectivity index (χ4n) is 2.87. The third-order valence-corrected chi connectivity index (χ3v) is 6.22. The molecule has 0 fully saturated rings. The third kappa shape index (κ3) is 3.65. The van der Waals surface area contributed by atoms with Crippen LogP contribution in [-0.2, 0) is 0 Å². The standard InChI is InChI=1S/C17H20ClNS2/c1-2-4-15(17-5-3-9-20-17)19-14-8-10-21-16-7-6-12(18)11-13(14)16/h3,5-7,9,11,14-15,19H,2,4,8,10H2,1H3. The molecule has 2 unspecified atom stereocenters. The first-order chi connectivity index (χ1) is 10.3. The van der Waals surface area contributed by atoms with E-state index in [4.69, 9.17) is 11.6 Å². The van der Waals surface area contributed by atoms with Crippen LogP contribution in [0.5, 0.6) is 0 Å². The number of thiophene rings is 1. The maximum Gasteiger partial charge on any atom is 0.0419 e. The number of thioether (sulfide) groups is 1. The Balaban J connectivity index is 1.83. The minimum absolute atomic E-state index is 0.415. The predicted molar refractivity (Wildman–Crippen MR) is 94.6 cm³/mol. The average molecular weight is 338 g/mol. The normalized spacial score (nSPS) is 19.2. The van der Waals surface area contributed by atoms with Gasteiger partial charge in [-0.05, 0) is 53.8 Å². The average Bonchev–Trinajstić information content (AvgIpc) is 3.01. The molecule has 1 aromatic heterocycles. The zero-order chi connectivity index (χ0) is 14.7. The van der Waals surface area contributed by atoms with Gasteiger partial charge in [-0.2, -0.15) is 0 Å². The van der Waals surface area contributed by atoms with Crippen LogP contribution in [-0.4, -0.2) is 5.75 Å². The quantitative estimate of drug-likeness (QED) is 0.710. The van der Waals surface area contributed by atoms with Crippen LogP contribution in [0.2, 0.25) is 5.02 Å². The first-order valence-electron chi connectivity index (χ1n) is 7.49. The van der Waals surface area contributed by atoms with E-state index in [1.807, 2.05) is 29.2 Å². The monoisotopic (exact) mass is 337 g/mol. The van der Waals surface area contributed by atoms with E-state index < -0.39 is 0 Å². The lowest BCUT2D eigenvalue weighted by atomic mass is 10.0. The predicted octanol–water partition coefficient (Wildman–Crippen LogP) is 6.07. The first kappa shape index (κ1) is 15.4. The van der Waals surface area contributed by atoms with Gasteiger partial charge in [0, 0.05) is 26.9 Å². The van der Waals surface area contributed by atoms with Crippen LogP contribution in [0.25, 0.3) is 0 Å². The Morgan fingerprint density at radius 1 is 1.38 bits per heavy atom. The van der Waals surface area contributed by atoms with Crippen molar-refractivity contribution in [2.75, 3.05) is 5.75 Å². The Labute approximate surface area is 140 Å². The summed E-state index contributed by atoms with van der Waals surface area (Å²) in [6.07, 6.45) is 3.54. The van der Waals surface area contributed by atoms with Gasteiger partial charge in [-0.1, -0.05) is 31.0 Å². The highest BCUT2D eigenvalue weighted by molar-refractivity contribution is 7.99. The third-order valence-electron chi connectivity index (χ3n) is 3.88. The van der Waals surface area contributed by atoms with Crippen molar-refractivity contribution < 1.29 is 0 Å². The molecule has 1 aliphatic rings. The highest BCUT2D eigenvalue weighted by Crippen LogP contribution is 2.39. The molecule has 4 heteroatoms. The molecule has 2 aromatic rings. The fraction of sp³-hybridized carbons (Fsp3) is 0.412. The van der Waals surface area contributed by atoms with Crippen LogP contribution >= 0.6 is 34.7 Å². The smallest absolute Gasteiger partial charge is 0.0419 e. The van der Waals surface area contributed by atoms with Gasteiger partial charge >= 0.3 is 0 Å². The lowest BCUT2D eigenvalue weighted by Crippen LogP contribution is -2.28. The second-order valence-corrected chi connectivity index (χ2v) is 7.95. The summed E-state index contributed by atoms with van der Waals surface area (Å²) in [6, 6.07) is 11.6. The van der Waals surface area contributed by atoms with Crippen molar-refractivity contribution in [1.29, 1.82) is 0 Å². The van der Waals surface area contributed by atoms with E-state index in [2.05, 4.69) is 41.9 Å². The van der Waals surface area contributed by atoms with Crippen molar-refractivity contribution in [1.82, 2.24) is 5.32 Å². The minimum Gasteiger partial charge on any atom is -0.302 e. The minimum atomic E-state index is 0.415. The Kier molecular flexibility index (Phi) is 5.28. The Morgan fingerprint density at radius 3 is 3.05 bits per heavy atom. The van der Waals surface area contributed by atoms with Crippen LogP contribution in [0.1, 0.15) is 48.7 Å². The molecule has 3 rings (SSSR count). The van der Waals surface area contributed by atoms with Gasteiger partial charge in [0.25, 0.3) is 0 Å². The van der Waals surface area contributed by atoms with Gasteiger partial charge in [0.2, 0.25) is 0 Å². The molecule has 0 aliphatic carbocycles. The van der Waals surface area contributed by atoms with Crippen molar-refractivity contribution in [3.8, 4) is 0 Å². The van der Waals surface area contributed by atoms with E-state index >= 15 is 0 Å². The van der Waals surface area contributed by atoms with Gasteiger partial charge < -0.3 is 5.32 Å². The molecule has 0 spiro atoms. The molecule has 1 aromatic carbocycles. The lowest BCUT2D eigenvalue weighted by Gasteiger charge is -2.30. The molecule has 112 valence electrons. The summed E-state index contributed by atoms with van der Waals surface area (Å²) in [6.45, 7) is 2.25. The molecular weight excluding hydrogens is 318 g/mol. The van der Waals surface area contributed by atoms with Gasteiger partial charge in [0.15, 0.2) is 0 Å². The molecule has 0 saturated carbocycles. The van der Waals surface area contributed by atoms with Crippen molar-refractivity contribution in [2.24, 2.45) is 0 Å². The van der Waals surface area contributed by atoms with E-state index in [0.29, 0.717) is 12.1 Å². The Morgan fingerprint density at radius 2 is 2.29 bits per heavy atom. The highest BCUT2D eigenvalue weighted by atomic mass is 35.5. The number of rotatable bonds is 5. The van der Waals surface area contributed by atoms with Gasteiger partial charge in [-0.25, -0.2) is 0 Å². The van der Waals surface area contributed by atoms with Gasteiger partial charge in [-0.3, -0.25) is 0 Å². The van der Waals surface area contributed by atoms with Crippen molar-refractivity contribution in [2.45, 2.75) is 43.2 Å². The maximum atomic E-state index is 6.20. The van der Waals surface area contributed by atoms with E-state index in [0.717, 1.165) is 5.02 Å². The molecule has 0 radical (unpaired) electrons. The molecule has 0 saturated heterocycles. The summed E-state index contributed by atoms with van der Waals surface area (Å²) in [5.74, 6) is 1.18. The topological polar surface area (TPSA) is 12.0 Å². The van der Waals surface area contributed by atoms with E-state index in [1.165, 1.54) is 40.4 Å². The lowest BCUT2D eigenvalue weighted by molar-refractivity contribution is 0.412. The highest BCUT2D eigenvalue weighted by Gasteiger charge is 2.24. The van der Waals surface area contributed by atoms with Crippen LogP contribution in [0.3, 0.4) is 0 Å². The summed E-state index contributed by atoms with van der Waals surface area (Å²) in [7, 11) is 0.